The number of aromatic nitrogens is 2. The van der Waals surface area contributed by atoms with E-state index in [1.165, 1.54) is 12.1 Å². The number of fused-ring (bicyclic) bond motifs is 1. The van der Waals surface area contributed by atoms with Gasteiger partial charge in [0.1, 0.15) is 11.5 Å². The molecular weight excluding hydrogens is 433 g/mol. The maximum atomic E-state index is 13.7. The summed E-state index contributed by atoms with van der Waals surface area (Å²) in [7, 11) is 3.20. The Bertz CT molecular complexity index is 1320. The molecule has 1 aromatic heterocycles. The Morgan fingerprint density at radius 3 is 2.41 bits per heavy atom. The van der Waals surface area contributed by atoms with Gasteiger partial charge in [-0.25, -0.2) is 4.39 Å². The molecule has 7 heteroatoms. The van der Waals surface area contributed by atoms with Crippen molar-refractivity contribution in [3.05, 3.63) is 101 Å². The Labute approximate surface area is 196 Å². The molecule has 0 saturated heterocycles. The van der Waals surface area contributed by atoms with E-state index in [1.807, 2.05) is 53.4 Å². The predicted molar refractivity (Wildman–Crippen MR) is 127 cm³/mol. The zero-order valence-electron chi connectivity index (χ0n) is 18.9. The first-order valence-corrected chi connectivity index (χ1v) is 11.0. The van der Waals surface area contributed by atoms with Gasteiger partial charge in [-0.3, -0.25) is 9.89 Å². The zero-order valence-corrected chi connectivity index (χ0v) is 18.9. The van der Waals surface area contributed by atoms with E-state index in [2.05, 4.69) is 10.2 Å². The van der Waals surface area contributed by atoms with Gasteiger partial charge >= 0.3 is 0 Å². The molecule has 172 valence electrons. The fraction of sp³-hybridized carbons (Fsp3) is 0.185. The van der Waals surface area contributed by atoms with Crippen molar-refractivity contribution in [3.8, 4) is 22.8 Å². The van der Waals surface area contributed by atoms with Crippen LogP contribution in [0.3, 0.4) is 0 Å². The highest BCUT2D eigenvalue weighted by Gasteiger charge is 2.41. The van der Waals surface area contributed by atoms with Crippen molar-refractivity contribution in [2.24, 2.45) is 0 Å². The lowest BCUT2D eigenvalue weighted by atomic mass is 9.96. The Balaban J connectivity index is 1.52. The first-order valence-electron chi connectivity index (χ1n) is 11.0. The second-order valence-electron chi connectivity index (χ2n) is 8.12. The number of carbonyl (C=O) groups is 1. The van der Waals surface area contributed by atoms with Crippen LogP contribution in [0.4, 0.5) is 4.39 Å². The molecule has 5 rings (SSSR count). The summed E-state index contributed by atoms with van der Waals surface area (Å²) in [6.45, 7) is 0.465. The minimum Gasteiger partial charge on any atom is -0.493 e. The third-order valence-electron chi connectivity index (χ3n) is 6.19. The molecule has 34 heavy (non-hydrogen) atoms. The molecule has 0 saturated carbocycles. The maximum Gasteiger partial charge on any atom is 0.273 e. The quantitative estimate of drug-likeness (QED) is 0.423. The number of nitrogens with one attached hydrogen (secondary N) is 1. The third kappa shape index (κ3) is 3.79. The molecule has 0 spiro atoms. The number of hydrogen-bond acceptors (Lipinski definition) is 4. The number of aromatic amines is 1. The van der Waals surface area contributed by atoms with Gasteiger partial charge in [0.15, 0.2) is 11.5 Å². The lowest BCUT2D eigenvalue weighted by molar-refractivity contribution is 0.0746. The predicted octanol–water partition coefficient (Wildman–Crippen LogP) is 5.02. The van der Waals surface area contributed by atoms with E-state index in [0.717, 1.165) is 27.9 Å². The molecule has 0 radical (unpaired) electrons. The first kappa shape index (κ1) is 21.7. The minimum atomic E-state index is -0.378. The van der Waals surface area contributed by atoms with Crippen LogP contribution in [0.15, 0.2) is 72.8 Å². The van der Waals surface area contributed by atoms with Gasteiger partial charge in [0.25, 0.3) is 5.91 Å². The molecule has 1 unspecified atom stereocenters. The molecule has 1 aliphatic rings. The van der Waals surface area contributed by atoms with Gasteiger partial charge in [-0.15, -0.1) is 0 Å². The number of H-pyrrole nitrogens is 1. The molecule has 2 heterocycles. The lowest BCUT2D eigenvalue weighted by Gasteiger charge is -2.26. The van der Waals surface area contributed by atoms with Crippen molar-refractivity contribution in [3.63, 3.8) is 0 Å². The standard InChI is InChI=1S/C27H24FN3O3/c1-33-21-13-8-17(16-22(21)34-2)14-15-31-26(19-9-11-20(28)12-10-19)23-24(18-6-4-3-5-7-18)29-30-25(23)27(31)32/h3-13,16,26H,14-15H2,1-2H3,(H,29,30). The van der Waals surface area contributed by atoms with E-state index >= 15 is 0 Å². The number of rotatable bonds is 7. The Morgan fingerprint density at radius 1 is 0.971 bits per heavy atom. The monoisotopic (exact) mass is 457 g/mol. The summed E-state index contributed by atoms with van der Waals surface area (Å²) < 4.78 is 24.5. The van der Waals surface area contributed by atoms with Crippen LogP contribution in [0.1, 0.15) is 33.2 Å². The van der Waals surface area contributed by atoms with Crippen LogP contribution in [-0.2, 0) is 6.42 Å². The number of hydrogen-bond donors (Lipinski definition) is 1. The number of ether oxygens (including phenoxy) is 2. The van der Waals surface area contributed by atoms with Crippen LogP contribution < -0.4 is 9.47 Å². The van der Waals surface area contributed by atoms with Crippen LogP contribution in [0.5, 0.6) is 11.5 Å². The Kier molecular flexibility index (Phi) is 5.76. The highest BCUT2D eigenvalue weighted by atomic mass is 19.1. The minimum absolute atomic E-state index is 0.125. The van der Waals surface area contributed by atoms with Crippen LogP contribution in [0, 0.1) is 5.82 Å². The molecule has 6 nitrogen and oxygen atoms in total. The summed E-state index contributed by atoms with van der Waals surface area (Å²) in [6.07, 6.45) is 0.613. The number of amides is 1. The number of benzene rings is 3. The summed E-state index contributed by atoms with van der Waals surface area (Å²) >= 11 is 0. The number of halogens is 1. The van der Waals surface area contributed by atoms with Gasteiger partial charge in [0.2, 0.25) is 0 Å². The summed E-state index contributed by atoms with van der Waals surface area (Å²) in [6, 6.07) is 21.4. The largest absolute Gasteiger partial charge is 0.493 e. The molecular formula is C27H24FN3O3. The summed E-state index contributed by atoms with van der Waals surface area (Å²) in [5.41, 5.74) is 4.78. The first-order chi connectivity index (χ1) is 16.6. The van der Waals surface area contributed by atoms with Crippen molar-refractivity contribution in [1.82, 2.24) is 15.1 Å². The zero-order chi connectivity index (χ0) is 23.7. The Hall–Kier alpha value is -4.13. The van der Waals surface area contributed by atoms with Gasteiger partial charge in [0, 0.05) is 17.7 Å². The molecule has 0 aliphatic carbocycles. The van der Waals surface area contributed by atoms with Crippen molar-refractivity contribution < 1.29 is 18.7 Å². The van der Waals surface area contributed by atoms with Gasteiger partial charge in [-0.2, -0.15) is 5.10 Å². The van der Waals surface area contributed by atoms with Crippen molar-refractivity contribution in [2.45, 2.75) is 12.5 Å². The second kappa shape index (κ2) is 9.02. The number of nitrogens with zero attached hydrogens (tertiary/aromatic N) is 2. The van der Waals surface area contributed by atoms with Crippen LogP contribution in [0.25, 0.3) is 11.3 Å². The summed E-state index contributed by atoms with van der Waals surface area (Å²) in [5, 5.41) is 7.42. The highest BCUT2D eigenvalue weighted by molar-refractivity contribution is 6.00. The number of carbonyl (C=O) groups excluding carboxylic acids is 1. The van der Waals surface area contributed by atoms with E-state index in [1.54, 1.807) is 26.4 Å². The fourth-order valence-corrected chi connectivity index (χ4v) is 4.52. The third-order valence-corrected chi connectivity index (χ3v) is 6.19. The van der Waals surface area contributed by atoms with Gasteiger partial charge in [-0.05, 0) is 41.8 Å². The van der Waals surface area contributed by atoms with Crippen molar-refractivity contribution in [2.75, 3.05) is 20.8 Å². The average Bonchev–Trinajstić information content (AvgIpc) is 3.42. The van der Waals surface area contributed by atoms with Gasteiger partial charge in [0.05, 0.1) is 26.0 Å². The molecule has 4 aromatic rings. The van der Waals surface area contributed by atoms with Crippen LogP contribution >= 0.6 is 0 Å². The normalized spacial score (nSPS) is 14.9. The smallest absolute Gasteiger partial charge is 0.273 e. The molecule has 1 aliphatic heterocycles. The molecule has 0 fully saturated rings. The summed E-state index contributed by atoms with van der Waals surface area (Å²) in [4.78, 5) is 15.3. The summed E-state index contributed by atoms with van der Waals surface area (Å²) in [5.74, 6) is 0.852. The molecule has 3 aromatic carbocycles. The van der Waals surface area contributed by atoms with Gasteiger partial charge < -0.3 is 14.4 Å². The molecule has 1 amide bonds. The van der Waals surface area contributed by atoms with E-state index in [9.17, 15) is 9.18 Å². The van der Waals surface area contributed by atoms with E-state index in [4.69, 9.17) is 9.47 Å². The lowest BCUT2D eigenvalue weighted by Crippen LogP contribution is -2.31. The number of methoxy groups -OCH3 is 2. The SMILES string of the molecule is COc1ccc(CCN2C(=O)c3[nH]nc(-c4ccccc4)c3C2c2ccc(F)cc2)cc1OC. The molecule has 1 atom stereocenters. The topological polar surface area (TPSA) is 67.5 Å². The fourth-order valence-electron chi connectivity index (χ4n) is 4.52. The van der Waals surface area contributed by atoms with E-state index < -0.39 is 0 Å². The second-order valence-corrected chi connectivity index (χ2v) is 8.12. The maximum absolute atomic E-state index is 13.7. The molecule has 1 N–H and O–H groups in total. The van der Waals surface area contributed by atoms with E-state index in [0.29, 0.717) is 30.2 Å². The Morgan fingerprint density at radius 2 is 1.71 bits per heavy atom. The average molecular weight is 458 g/mol. The van der Waals surface area contributed by atoms with Gasteiger partial charge in [-0.1, -0.05) is 48.5 Å². The van der Waals surface area contributed by atoms with E-state index in [-0.39, 0.29) is 17.8 Å². The van der Waals surface area contributed by atoms with Crippen LogP contribution in [0.2, 0.25) is 0 Å². The van der Waals surface area contributed by atoms with Crippen molar-refractivity contribution in [1.29, 1.82) is 0 Å². The highest BCUT2D eigenvalue weighted by Crippen LogP contribution is 2.42. The van der Waals surface area contributed by atoms with Crippen LogP contribution in [-0.4, -0.2) is 41.8 Å². The molecule has 0 bridgehead atoms. The van der Waals surface area contributed by atoms with Crippen molar-refractivity contribution >= 4 is 5.91 Å².